The Hall–Kier alpha value is -0.560. The lowest BCUT2D eigenvalue weighted by Gasteiger charge is -2.66. The van der Waals surface area contributed by atoms with Crippen LogP contribution in [0.1, 0.15) is 119 Å². The van der Waals surface area contributed by atoms with Crippen molar-refractivity contribution < 1.29 is 0 Å². The van der Waals surface area contributed by atoms with Crippen molar-refractivity contribution in [3.05, 3.63) is 22.8 Å². The van der Waals surface area contributed by atoms with Crippen LogP contribution < -0.4 is 5.73 Å². The molecule has 170 valence electrons. The van der Waals surface area contributed by atoms with E-state index in [1.165, 1.54) is 82.6 Å². The third-order valence-electron chi connectivity index (χ3n) is 10.9. The number of rotatable bonds is 4. The largest absolute Gasteiger partial charge is 0.324 e. The molecule has 7 atom stereocenters. The SMILES string of the molecule is CCC1CC2(C)C(CCC3(N)C2CCC2CCCCC23C)/C1=C(/C)CCC=C(C)C. The summed E-state index contributed by atoms with van der Waals surface area (Å²) < 4.78 is 0. The summed E-state index contributed by atoms with van der Waals surface area (Å²) in [5.41, 5.74) is 13.5. The number of nitrogens with two attached hydrogens (primary N) is 1. The fourth-order valence-electron chi connectivity index (χ4n) is 9.29. The van der Waals surface area contributed by atoms with Gasteiger partial charge in [0, 0.05) is 5.54 Å². The molecular formula is C29H49N. The van der Waals surface area contributed by atoms with Gasteiger partial charge in [0.05, 0.1) is 0 Å². The topological polar surface area (TPSA) is 26.0 Å². The fraction of sp³-hybridized carbons (Fsp3) is 0.862. The minimum absolute atomic E-state index is 0.0747. The van der Waals surface area contributed by atoms with Gasteiger partial charge >= 0.3 is 0 Å². The highest BCUT2D eigenvalue weighted by Crippen LogP contribution is 2.70. The molecule has 2 N–H and O–H groups in total. The zero-order valence-corrected chi connectivity index (χ0v) is 20.9. The fourth-order valence-corrected chi connectivity index (χ4v) is 9.29. The van der Waals surface area contributed by atoms with Crippen molar-refractivity contribution in [3.63, 3.8) is 0 Å². The van der Waals surface area contributed by atoms with Crippen LogP contribution in [0.5, 0.6) is 0 Å². The van der Waals surface area contributed by atoms with Crippen molar-refractivity contribution in [2.24, 2.45) is 40.2 Å². The Labute approximate surface area is 187 Å². The molecule has 4 aliphatic carbocycles. The van der Waals surface area contributed by atoms with E-state index in [9.17, 15) is 0 Å². The van der Waals surface area contributed by atoms with E-state index in [0.29, 0.717) is 10.8 Å². The average molecular weight is 412 g/mol. The first kappa shape index (κ1) is 22.6. The summed E-state index contributed by atoms with van der Waals surface area (Å²) in [4.78, 5) is 0. The standard InChI is InChI=1S/C29H49N/c1-7-22-19-27(5)24(26(22)21(4)12-10-11-20(2)3)16-18-29(30)25(27)15-14-23-13-8-9-17-28(23,29)6/h11,22-25H,7-10,12-19,30H2,1-6H3/b26-21-. The van der Waals surface area contributed by atoms with Gasteiger partial charge in [-0.3, -0.25) is 0 Å². The third kappa shape index (κ3) is 3.28. The lowest BCUT2D eigenvalue weighted by atomic mass is 9.40. The molecular weight excluding hydrogens is 362 g/mol. The van der Waals surface area contributed by atoms with Crippen LogP contribution in [0.15, 0.2) is 22.8 Å². The summed E-state index contributed by atoms with van der Waals surface area (Å²) in [6, 6.07) is 0. The normalized spacial score (nSPS) is 47.2. The molecule has 4 fully saturated rings. The lowest BCUT2D eigenvalue weighted by Crippen LogP contribution is -2.70. The Morgan fingerprint density at radius 3 is 2.50 bits per heavy atom. The van der Waals surface area contributed by atoms with E-state index in [0.717, 1.165) is 23.7 Å². The van der Waals surface area contributed by atoms with Crippen molar-refractivity contribution >= 4 is 0 Å². The summed E-state index contributed by atoms with van der Waals surface area (Å²) in [6.45, 7) is 14.6. The molecule has 0 spiro atoms. The highest BCUT2D eigenvalue weighted by molar-refractivity contribution is 5.32. The molecule has 0 aromatic carbocycles. The van der Waals surface area contributed by atoms with E-state index in [4.69, 9.17) is 5.73 Å². The molecule has 1 heteroatoms. The molecule has 4 aliphatic rings. The average Bonchev–Trinajstić information content (AvgIpc) is 3.00. The summed E-state index contributed by atoms with van der Waals surface area (Å²) in [6.07, 6.45) is 18.7. The first-order valence-corrected chi connectivity index (χ1v) is 13.3. The van der Waals surface area contributed by atoms with Crippen LogP contribution >= 0.6 is 0 Å². The van der Waals surface area contributed by atoms with Crippen LogP contribution in [0.4, 0.5) is 0 Å². The molecule has 4 rings (SSSR count). The lowest BCUT2D eigenvalue weighted by molar-refractivity contribution is -0.132. The molecule has 0 amide bonds. The summed E-state index contributed by atoms with van der Waals surface area (Å²) in [7, 11) is 0. The first-order valence-electron chi connectivity index (χ1n) is 13.3. The predicted molar refractivity (Wildman–Crippen MR) is 130 cm³/mol. The van der Waals surface area contributed by atoms with Crippen LogP contribution in [0.2, 0.25) is 0 Å². The molecule has 0 aromatic rings. The van der Waals surface area contributed by atoms with Gasteiger partial charge in [-0.2, -0.15) is 0 Å². The molecule has 0 radical (unpaired) electrons. The second-order valence-electron chi connectivity index (χ2n) is 12.5. The Balaban J connectivity index is 1.67. The van der Waals surface area contributed by atoms with Crippen molar-refractivity contribution in [2.75, 3.05) is 0 Å². The van der Waals surface area contributed by atoms with Crippen molar-refractivity contribution in [1.82, 2.24) is 0 Å². The van der Waals surface area contributed by atoms with Gasteiger partial charge in [-0.25, -0.2) is 0 Å². The monoisotopic (exact) mass is 411 g/mol. The maximum Gasteiger partial charge on any atom is 0.0245 e. The molecule has 7 unspecified atom stereocenters. The van der Waals surface area contributed by atoms with Gasteiger partial charge in [-0.1, -0.05) is 56.4 Å². The van der Waals surface area contributed by atoms with Gasteiger partial charge in [-0.15, -0.1) is 0 Å². The Kier molecular flexibility index (Phi) is 6.10. The van der Waals surface area contributed by atoms with Crippen LogP contribution in [0, 0.1) is 34.5 Å². The van der Waals surface area contributed by atoms with Gasteiger partial charge in [0.15, 0.2) is 0 Å². The van der Waals surface area contributed by atoms with Gasteiger partial charge in [-0.05, 0) is 119 Å². The molecule has 1 nitrogen and oxygen atoms in total. The smallest absolute Gasteiger partial charge is 0.0245 e. The van der Waals surface area contributed by atoms with Crippen molar-refractivity contribution in [1.29, 1.82) is 0 Å². The van der Waals surface area contributed by atoms with E-state index < -0.39 is 0 Å². The van der Waals surface area contributed by atoms with Crippen LogP contribution in [0.25, 0.3) is 0 Å². The second-order valence-corrected chi connectivity index (χ2v) is 12.5. The number of allylic oxidation sites excluding steroid dienone is 4. The zero-order valence-electron chi connectivity index (χ0n) is 20.9. The van der Waals surface area contributed by atoms with Crippen LogP contribution in [-0.4, -0.2) is 5.54 Å². The minimum Gasteiger partial charge on any atom is -0.324 e. The van der Waals surface area contributed by atoms with Crippen molar-refractivity contribution in [3.8, 4) is 0 Å². The first-order chi connectivity index (χ1) is 14.2. The summed E-state index contributed by atoms with van der Waals surface area (Å²) >= 11 is 0. The number of hydrogen-bond acceptors (Lipinski definition) is 1. The number of fused-ring (bicyclic) bond motifs is 5. The van der Waals surface area contributed by atoms with E-state index in [1.807, 2.05) is 5.57 Å². The molecule has 0 saturated heterocycles. The predicted octanol–water partition coefficient (Wildman–Crippen LogP) is 8.20. The van der Waals surface area contributed by atoms with Gasteiger partial charge < -0.3 is 5.73 Å². The zero-order chi connectivity index (χ0) is 21.7. The second kappa shape index (κ2) is 8.09. The van der Waals surface area contributed by atoms with E-state index in [-0.39, 0.29) is 5.54 Å². The van der Waals surface area contributed by atoms with Crippen LogP contribution in [-0.2, 0) is 0 Å². The van der Waals surface area contributed by atoms with E-state index in [2.05, 4.69) is 47.6 Å². The molecule has 4 saturated carbocycles. The Bertz CT molecular complexity index is 712. The molecule has 30 heavy (non-hydrogen) atoms. The number of hydrogen-bond donors (Lipinski definition) is 1. The van der Waals surface area contributed by atoms with Crippen LogP contribution in [0.3, 0.4) is 0 Å². The van der Waals surface area contributed by atoms with E-state index >= 15 is 0 Å². The summed E-state index contributed by atoms with van der Waals surface area (Å²) in [5.74, 6) is 3.20. The maximum atomic E-state index is 7.59. The summed E-state index contributed by atoms with van der Waals surface area (Å²) in [5, 5.41) is 0. The van der Waals surface area contributed by atoms with Gasteiger partial charge in [0.2, 0.25) is 0 Å². The molecule has 0 heterocycles. The molecule has 0 bridgehead atoms. The highest BCUT2D eigenvalue weighted by atomic mass is 14.9. The third-order valence-corrected chi connectivity index (χ3v) is 10.9. The van der Waals surface area contributed by atoms with Gasteiger partial charge in [0.25, 0.3) is 0 Å². The maximum absolute atomic E-state index is 7.59. The van der Waals surface area contributed by atoms with E-state index in [1.54, 1.807) is 5.57 Å². The minimum atomic E-state index is 0.0747. The van der Waals surface area contributed by atoms with Crippen molar-refractivity contribution in [2.45, 2.75) is 124 Å². The highest BCUT2D eigenvalue weighted by Gasteiger charge is 2.66. The molecule has 0 aromatic heterocycles. The molecule has 0 aliphatic heterocycles. The van der Waals surface area contributed by atoms with Gasteiger partial charge in [0.1, 0.15) is 0 Å². The Morgan fingerprint density at radius 1 is 1.03 bits per heavy atom. The quantitative estimate of drug-likeness (QED) is 0.463. The Morgan fingerprint density at radius 2 is 1.80 bits per heavy atom.